The molecule has 1 aromatic carbocycles. The molecular weight excluding hydrogens is 332 g/mol. The molecule has 3 rings (SSSR count). The van der Waals surface area contributed by atoms with Crippen molar-refractivity contribution in [1.29, 1.82) is 0 Å². The van der Waals surface area contributed by atoms with Crippen LogP contribution in [-0.4, -0.2) is 66.5 Å². The highest BCUT2D eigenvalue weighted by molar-refractivity contribution is 7.99. The molecule has 0 radical (unpaired) electrons. The molecule has 0 aromatic heterocycles. The van der Waals surface area contributed by atoms with E-state index in [0.717, 1.165) is 17.7 Å². The number of benzene rings is 1. The number of carbonyl (C=O) groups excluding carboxylic acids is 1. The number of ether oxygens (including phenoxy) is 1. The molecule has 0 bridgehead atoms. The van der Waals surface area contributed by atoms with Crippen LogP contribution in [0.3, 0.4) is 0 Å². The molecule has 0 N–H and O–H groups in total. The van der Waals surface area contributed by atoms with Crippen molar-refractivity contribution in [1.82, 2.24) is 9.80 Å². The molecule has 1 amide bonds. The number of likely N-dealkylation sites (N-methyl/N-ethyl adjacent to an activating group) is 1. The number of nitrogens with zero attached hydrogens (tertiary/aromatic N) is 2. The van der Waals surface area contributed by atoms with Gasteiger partial charge in [-0.2, -0.15) is 11.8 Å². The van der Waals surface area contributed by atoms with Crippen molar-refractivity contribution >= 4 is 17.7 Å². The minimum absolute atomic E-state index is 0.212. The monoisotopic (exact) mass is 362 g/mol. The van der Waals surface area contributed by atoms with Gasteiger partial charge in [0, 0.05) is 24.4 Å². The Morgan fingerprint density at radius 1 is 1.32 bits per heavy atom. The summed E-state index contributed by atoms with van der Waals surface area (Å²) >= 11 is 1.97. The molecule has 0 spiro atoms. The van der Waals surface area contributed by atoms with E-state index in [1.807, 2.05) is 48.0 Å². The summed E-state index contributed by atoms with van der Waals surface area (Å²) in [6, 6.07) is 8.69. The predicted octanol–water partition coefficient (Wildman–Crippen LogP) is 3.05. The van der Waals surface area contributed by atoms with Crippen LogP contribution < -0.4 is 4.74 Å². The summed E-state index contributed by atoms with van der Waals surface area (Å²) in [4.78, 5) is 17.6. The van der Waals surface area contributed by atoms with E-state index in [1.165, 1.54) is 32.4 Å². The Morgan fingerprint density at radius 3 is 2.76 bits per heavy atom. The van der Waals surface area contributed by atoms with Crippen LogP contribution in [0.1, 0.15) is 31.2 Å². The third kappa shape index (κ3) is 4.14. The Hall–Kier alpha value is -1.20. The lowest BCUT2D eigenvalue weighted by Gasteiger charge is -2.37. The van der Waals surface area contributed by atoms with Crippen LogP contribution in [0, 0.1) is 0 Å². The van der Waals surface area contributed by atoms with Crippen molar-refractivity contribution in [2.24, 2.45) is 0 Å². The smallest absolute Gasteiger partial charge is 0.227 e. The third-order valence-electron chi connectivity index (χ3n) is 5.77. The van der Waals surface area contributed by atoms with Crippen LogP contribution in [0.25, 0.3) is 0 Å². The van der Waals surface area contributed by atoms with Crippen molar-refractivity contribution in [3.63, 3.8) is 0 Å². The van der Waals surface area contributed by atoms with Crippen LogP contribution >= 0.6 is 11.8 Å². The molecule has 1 aromatic rings. The molecule has 1 saturated carbocycles. The highest BCUT2D eigenvalue weighted by atomic mass is 32.2. The van der Waals surface area contributed by atoms with Gasteiger partial charge in [-0.1, -0.05) is 12.1 Å². The zero-order valence-electron chi connectivity index (χ0n) is 15.6. The van der Waals surface area contributed by atoms with Gasteiger partial charge in [-0.15, -0.1) is 0 Å². The first-order valence-electron chi connectivity index (χ1n) is 9.29. The van der Waals surface area contributed by atoms with E-state index in [2.05, 4.69) is 11.2 Å². The first-order valence-corrected chi connectivity index (χ1v) is 10.6. The minimum atomic E-state index is 0.212. The second kappa shape index (κ2) is 8.45. The van der Waals surface area contributed by atoms with E-state index in [1.54, 1.807) is 7.11 Å². The lowest BCUT2D eigenvalue weighted by atomic mass is 10.1. The number of methoxy groups -OCH3 is 1. The highest BCUT2D eigenvalue weighted by Gasteiger charge is 2.43. The molecule has 1 aliphatic carbocycles. The van der Waals surface area contributed by atoms with E-state index >= 15 is 0 Å². The molecule has 3 atom stereocenters. The fourth-order valence-electron chi connectivity index (χ4n) is 4.39. The Kier molecular flexibility index (Phi) is 6.29. The Balaban J connectivity index is 1.69. The summed E-state index contributed by atoms with van der Waals surface area (Å²) in [5, 5.41) is 0.648. The maximum Gasteiger partial charge on any atom is 0.227 e. The van der Waals surface area contributed by atoms with Crippen molar-refractivity contribution in [3.8, 4) is 5.75 Å². The van der Waals surface area contributed by atoms with E-state index in [-0.39, 0.29) is 5.91 Å². The lowest BCUT2D eigenvalue weighted by Crippen LogP contribution is -2.52. The quantitative estimate of drug-likeness (QED) is 0.779. The largest absolute Gasteiger partial charge is 0.497 e. The normalized spacial score (nSPS) is 26.8. The summed E-state index contributed by atoms with van der Waals surface area (Å²) < 4.78 is 5.28. The summed E-state index contributed by atoms with van der Waals surface area (Å²) in [7, 11) is 3.66. The standard InChI is InChI=1S/C20H30N2O2S/c1-21(19(23)14-15-7-6-8-16(13-15)24-2)17-9-10-18(25-3)20(17)22-11-4-5-12-22/h6-8,13,17-18,20H,4-5,9-12,14H2,1-3H3. The van der Waals surface area contributed by atoms with Gasteiger partial charge in [-0.05, 0) is 62.7 Å². The van der Waals surface area contributed by atoms with Gasteiger partial charge in [0.2, 0.25) is 5.91 Å². The van der Waals surface area contributed by atoms with Crippen LogP contribution in [0.15, 0.2) is 24.3 Å². The van der Waals surface area contributed by atoms with Crippen molar-refractivity contribution < 1.29 is 9.53 Å². The zero-order valence-corrected chi connectivity index (χ0v) is 16.4. The zero-order chi connectivity index (χ0) is 17.8. The molecule has 4 nitrogen and oxygen atoms in total. The summed E-state index contributed by atoms with van der Waals surface area (Å²) in [5.74, 6) is 1.02. The molecule has 1 saturated heterocycles. The maximum atomic E-state index is 12.9. The molecule has 2 fully saturated rings. The van der Waals surface area contributed by atoms with Gasteiger partial charge < -0.3 is 9.64 Å². The highest BCUT2D eigenvalue weighted by Crippen LogP contribution is 2.36. The average molecular weight is 363 g/mol. The van der Waals surface area contributed by atoms with Crippen molar-refractivity contribution in [2.45, 2.75) is 49.4 Å². The molecule has 1 heterocycles. The molecule has 5 heteroatoms. The van der Waals surface area contributed by atoms with Gasteiger partial charge in [-0.25, -0.2) is 0 Å². The topological polar surface area (TPSA) is 32.8 Å². The van der Waals surface area contributed by atoms with Gasteiger partial charge >= 0.3 is 0 Å². The third-order valence-corrected chi connectivity index (χ3v) is 6.89. The molecule has 2 aliphatic rings. The minimum Gasteiger partial charge on any atom is -0.497 e. The molecular formula is C20H30N2O2S. The summed E-state index contributed by atoms with van der Waals surface area (Å²) in [6.07, 6.45) is 7.59. The molecule has 3 unspecified atom stereocenters. The number of likely N-dealkylation sites (tertiary alicyclic amines) is 1. The van der Waals surface area contributed by atoms with Gasteiger partial charge in [0.15, 0.2) is 0 Å². The number of hydrogen-bond donors (Lipinski definition) is 0. The predicted molar refractivity (Wildman–Crippen MR) is 104 cm³/mol. The van der Waals surface area contributed by atoms with E-state index in [4.69, 9.17) is 4.74 Å². The van der Waals surface area contributed by atoms with Crippen LogP contribution in [-0.2, 0) is 11.2 Å². The number of hydrogen-bond acceptors (Lipinski definition) is 4. The molecule has 1 aliphatic heterocycles. The fourth-order valence-corrected chi connectivity index (χ4v) is 5.39. The fraction of sp³-hybridized carbons (Fsp3) is 0.650. The van der Waals surface area contributed by atoms with Crippen LogP contribution in [0.2, 0.25) is 0 Å². The second-order valence-corrected chi connectivity index (χ2v) is 8.26. The van der Waals surface area contributed by atoms with Crippen LogP contribution in [0.4, 0.5) is 0 Å². The maximum absolute atomic E-state index is 12.9. The first kappa shape index (κ1) is 18.6. The van der Waals surface area contributed by atoms with Crippen molar-refractivity contribution in [2.75, 3.05) is 33.5 Å². The first-order chi connectivity index (χ1) is 12.1. The Morgan fingerprint density at radius 2 is 2.08 bits per heavy atom. The Labute approximate surface area is 155 Å². The SMILES string of the molecule is COc1cccc(CC(=O)N(C)C2CCC(SC)C2N2CCCC2)c1. The average Bonchev–Trinajstić information content (AvgIpc) is 3.29. The van der Waals surface area contributed by atoms with Crippen LogP contribution in [0.5, 0.6) is 5.75 Å². The molecule has 138 valence electrons. The van der Waals surface area contributed by atoms with E-state index < -0.39 is 0 Å². The number of rotatable bonds is 6. The second-order valence-electron chi connectivity index (χ2n) is 7.19. The van der Waals surface area contributed by atoms with E-state index in [0.29, 0.717) is 23.8 Å². The summed E-state index contributed by atoms with van der Waals surface area (Å²) in [6.45, 7) is 2.38. The Bertz CT molecular complexity index is 589. The van der Waals surface area contributed by atoms with Crippen molar-refractivity contribution in [3.05, 3.63) is 29.8 Å². The number of thioether (sulfide) groups is 1. The van der Waals surface area contributed by atoms with Gasteiger partial charge in [-0.3, -0.25) is 9.69 Å². The number of amides is 1. The lowest BCUT2D eigenvalue weighted by molar-refractivity contribution is -0.132. The van der Waals surface area contributed by atoms with Gasteiger partial charge in [0.05, 0.1) is 13.5 Å². The number of carbonyl (C=O) groups is 1. The van der Waals surface area contributed by atoms with E-state index in [9.17, 15) is 4.79 Å². The van der Waals surface area contributed by atoms with Gasteiger partial charge in [0.25, 0.3) is 0 Å². The van der Waals surface area contributed by atoms with Gasteiger partial charge in [0.1, 0.15) is 5.75 Å². The summed E-state index contributed by atoms with van der Waals surface area (Å²) in [5.41, 5.74) is 1.02. The molecule has 25 heavy (non-hydrogen) atoms.